The highest BCUT2D eigenvalue weighted by Gasteiger charge is 2.14. The van der Waals surface area contributed by atoms with Gasteiger partial charge < -0.3 is 4.90 Å². The number of hydrogen-bond donors (Lipinski definition) is 0. The van der Waals surface area contributed by atoms with E-state index in [2.05, 4.69) is 37.7 Å². The first-order chi connectivity index (χ1) is 7.34. The lowest BCUT2D eigenvalue weighted by Gasteiger charge is -2.19. The summed E-state index contributed by atoms with van der Waals surface area (Å²) in [6.07, 6.45) is 5.22. The molecule has 0 spiro atoms. The SMILES string of the molecule is BrC1CCCN(CCc2ccsc2)CC1. The molecule has 2 rings (SSSR count). The molecule has 0 saturated carbocycles. The topological polar surface area (TPSA) is 3.24 Å². The fourth-order valence-electron chi connectivity index (χ4n) is 2.06. The summed E-state index contributed by atoms with van der Waals surface area (Å²) in [6.45, 7) is 3.78. The lowest BCUT2D eigenvalue weighted by atomic mass is 10.2. The van der Waals surface area contributed by atoms with E-state index >= 15 is 0 Å². The summed E-state index contributed by atoms with van der Waals surface area (Å²) in [5, 5.41) is 4.44. The van der Waals surface area contributed by atoms with E-state index in [9.17, 15) is 0 Å². The average Bonchev–Trinajstić information content (AvgIpc) is 2.66. The van der Waals surface area contributed by atoms with Crippen LogP contribution in [0.25, 0.3) is 0 Å². The lowest BCUT2D eigenvalue weighted by molar-refractivity contribution is 0.289. The predicted octanol–water partition coefficient (Wildman–Crippen LogP) is 3.54. The van der Waals surface area contributed by atoms with Crippen LogP contribution in [0.4, 0.5) is 0 Å². The summed E-state index contributed by atoms with van der Waals surface area (Å²) in [4.78, 5) is 3.36. The fraction of sp³-hybridized carbons (Fsp3) is 0.667. The molecular weight excluding hydrogens is 270 g/mol. The number of hydrogen-bond acceptors (Lipinski definition) is 2. The summed E-state index contributed by atoms with van der Waals surface area (Å²) in [5.74, 6) is 0. The second kappa shape index (κ2) is 6.02. The Bertz CT molecular complexity index is 273. The Balaban J connectivity index is 1.74. The summed E-state index contributed by atoms with van der Waals surface area (Å²) in [5.41, 5.74) is 1.50. The molecule has 0 aromatic carbocycles. The van der Waals surface area contributed by atoms with Crippen LogP contribution < -0.4 is 0 Å². The smallest absolute Gasteiger partial charge is 0.0158 e. The Morgan fingerprint density at radius 3 is 3.13 bits per heavy atom. The van der Waals surface area contributed by atoms with Gasteiger partial charge >= 0.3 is 0 Å². The van der Waals surface area contributed by atoms with Crippen LogP contribution in [0, 0.1) is 0 Å². The molecule has 1 unspecified atom stereocenters. The van der Waals surface area contributed by atoms with Crippen LogP contribution in [0.15, 0.2) is 16.8 Å². The van der Waals surface area contributed by atoms with Gasteiger partial charge in [-0.05, 0) is 61.2 Å². The molecule has 1 nitrogen and oxygen atoms in total. The molecule has 1 atom stereocenters. The van der Waals surface area contributed by atoms with Gasteiger partial charge in [-0.3, -0.25) is 0 Å². The van der Waals surface area contributed by atoms with Gasteiger partial charge in [-0.2, -0.15) is 11.3 Å². The maximum absolute atomic E-state index is 3.73. The molecule has 1 saturated heterocycles. The molecule has 3 heteroatoms. The van der Waals surface area contributed by atoms with Crippen molar-refractivity contribution < 1.29 is 0 Å². The number of likely N-dealkylation sites (tertiary alicyclic amines) is 1. The van der Waals surface area contributed by atoms with Gasteiger partial charge in [0.1, 0.15) is 0 Å². The molecular formula is C12H18BrNS. The first kappa shape index (κ1) is 11.6. The van der Waals surface area contributed by atoms with Gasteiger partial charge in [-0.1, -0.05) is 15.9 Å². The first-order valence-electron chi connectivity index (χ1n) is 5.72. The van der Waals surface area contributed by atoms with Crippen molar-refractivity contribution in [3.63, 3.8) is 0 Å². The van der Waals surface area contributed by atoms with Crippen LogP contribution in [0.5, 0.6) is 0 Å². The largest absolute Gasteiger partial charge is 0.303 e. The van der Waals surface area contributed by atoms with E-state index in [1.54, 1.807) is 11.3 Å². The van der Waals surface area contributed by atoms with E-state index in [4.69, 9.17) is 0 Å². The number of nitrogens with zero attached hydrogens (tertiary/aromatic N) is 1. The summed E-state index contributed by atoms with van der Waals surface area (Å²) < 4.78 is 0. The highest BCUT2D eigenvalue weighted by molar-refractivity contribution is 9.09. The zero-order valence-electron chi connectivity index (χ0n) is 8.99. The quantitative estimate of drug-likeness (QED) is 0.769. The normalized spacial score (nSPS) is 23.9. The van der Waals surface area contributed by atoms with Crippen molar-refractivity contribution in [3.8, 4) is 0 Å². The third kappa shape index (κ3) is 3.89. The monoisotopic (exact) mass is 287 g/mol. The third-order valence-electron chi connectivity index (χ3n) is 3.05. The molecule has 15 heavy (non-hydrogen) atoms. The van der Waals surface area contributed by atoms with E-state index in [0.717, 1.165) is 4.83 Å². The second-order valence-corrected chi connectivity index (χ2v) is 6.33. The van der Waals surface area contributed by atoms with Gasteiger partial charge in [0.15, 0.2) is 0 Å². The minimum Gasteiger partial charge on any atom is -0.303 e. The molecule has 1 aromatic heterocycles. The number of halogens is 1. The number of thiophene rings is 1. The Kier molecular flexibility index (Phi) is 4.66. The molecule has 84 valence electrons. The third-order valence-corrected chi connectivity index (χ3v) is 4.69. The van der Waals surface area contributed by atoms with Gasteiger partial charge in [0.05, 0.1) is 0 Å². The summed E-state index contributed by atoms with van der Waals surface area (Å²) in [7, 11) is 0. The molecule has 0 bridgehead atoms. The van der Waals surface area contributed by atoms with Crippen molar-refractivity contribution >= 4 is 27.3 Å². The van der Waals surface area contributed by atoms with Crippen molar-refractivity contribution in [2.75, 3.05) is 19.6 Å². The zero-order chi connectivity index (χ0) is 10.5. The highest BCUT2D eigenvalue weighted by atomic mass is 79.9. The average molecular weight is 288 g/mol. The van der Waals surface area contributed by atoms with Crippen LogP contribution in [0.2, 0.25) is 0 Å². The van der Waals surface area contributed by atoms with E-state index in [1.807, 2.05) is 0 Å². The Morgan fingerprint density at radius 1 is 1.40 bits per heavy atom. The number of rotatable bonds is 3. The van der Waals surface area contributed by atoms with Crippen molar-refractivity contribution in [2.45, 2.75) is 30.5 Å². The lowest BCUT2D eigenvalue weighted by Crippen LogP contribution is -2.27. The Morgan fingerprint density at radius 2 is 2.33 bits per heavy atom. The van der Waals surface area contributed by atoms with Gasteiger partial charge in [0.25, 0.3) is 0 Å². The Labute approximate surface area is 105 Å². The fourth-order valence-corrected chi connectivity index (χ4v) is 3.29. The van der Waals surface area contributed by atoms with Crippen molar-refractivity contribution in [1.82, 2.24) is 4.90 Å². The molecule has 2 heterocycles. The van der Waals surface area contributed by atoms with Gasteiger partial charge in [-0.15, -0.1) is 0 Å². The molecule has 1 fully saturated rings. The Hall–Kier alpha value is 0.140. The van der Waals surface area contributed by atoms with Crippen LogP contribution in [0.3, 0.4) is 0 Å². The van der Waals surface area contributed by atoms with Gasteiger partial charge in [-0.25, -0.2) is 0 Å². The molecule has 0 radical (unpaired) electrons. The minimum absolute atomic E-state index is 0.753. The molecule has 0 amide bonds. The maximum Gasteiger partial charge on any atom is 0.0158 e. The standard InChI is InChI=1S/C12H18BrNS/c13-12-2-1-6-14(8-4-12)7-3-11-5-9-15-10-11/h5,9-10,12H,1-4,6-8H2. The van der Waals surface area contributed by atoms with Crippen LogP contribution in [-0.4, -0.2) is 29.4 Å². The van der Waals surface area contributed by atoms with E-state index in [-0.39, 0.29) is 0 Å². The predicted molar refractivity (Wildman–Crippen MR) is 71.0 cm³/mol. The van der Waals surface area contributed by atoms with Crippen LogP contribution in [0.1, 0.15) is 24.8 Å². The van der Waals surface area contributed by atoms with Gasteiger partial charge in [0, 0.05) is 11.4 Å². The van der Waals surface area contributed by atoms with Crippen LogP contribution in [-0.2, 0) is 6.42 Å². The minimum atomic E-state index is 0.753. The summed E-state index contributed by atoms with van der Waals surface area (Å²) >= 11 is 5.54. The van der Waals surface area contributed by atoms with E-state index in [0.29, 0.717) is 0 Å². The zero-order valence-corrected chi connectivity index (χ0v) is 11.4. The van der Waals surface area contributed by atoms with E-state index in [1.165, 1.54) is 50.9 Å². The van der Waals surface area contributed by atoms with Crippen molar-refractivity contribution in [3.05, 3.63) is 22.4 Å². The second-order valence-electron chi connectivity index (χ2n) is 4.25. The molecule has 0 N–H and O–H groups in total. The van der Waals surface area contributed by atoms with Crippen molar-refractivity contribution in [2.24, 2.45) is 0 Å². The summed E-state index contributed by atoms with van der Waals surface area (Å²) in [6, 6.07) is 2.25. The first-order valence-corrected chi connectivity index (χ1v) is 7.58. The van der Waals surface area contributed by atoms with Gasteiger partial charge in [0.2, 0.25) is 0 Å². The van der Waals surface area contributed by atoms with E-state index < -0.39 is 0 Å². The van der Waals surface area contributed by atoms with Crippen LogP contribution >= 0.6 is 27.3 Å². The number of alkyl halides is 1. The van der Waals surface area contributed by atoms with Crippen molar-refractivity contribution in [1.29, 1.82) is 0 Å². The molecule has 1 aliphatic rings. The molecule has 0 aliphatic carbocycles. The molecule has 1 aliphatic heterocycles. The maximum atomic E-state index is 3.73. The highest BCUT2D eigenvalue weighted by Crippen LogP contribution is 2.18. The molecule has 1 aromatic rings.